The Balaban J connectivity index is 2.19. The Labute approximate surface area is 96.0 Å². The molecule has 0 bridgehead atoms. The fourth-order valence-corrected chi connectivity index (χ4v) is 1.97. The third-order valence-electron chi connectivity index (χ3n) is 2.58. The van der Waals surface area contributed by atoms with E-state index in [1.807, 2.05) is 26.0 Å². The van der Waals surface area contributed by atoms with Gasteiger partial charge in [-0.1, -0.05) is 18.2 Å². The number of rotatable bonds is 3. The Morgan fingerprint density at radius 3 is 2.88 bits per heavy atom. The number of aliphatic hydroxyl groups excluding tert-OH is 1. The van der Waals surface area contributed by atoms with Crippen molar-refractivity contribution >= 4 is 0 Å². The Hall–Kier alpha value is -1.08. The lowest BCUT2D eigenvalue weighted by molar-refractivity contribution is -0.147. The monoisotopic (exact) mass is 220 g/mol. The van der Waals surface area contributed by atoms with E-state index in [1.54, 1.807) is 6.07 Å². The van der Waals surface area contributed by atoms with Crippen LogP contribution in [0.4, 0.5) is 0 Å². The van der Waals surface area contributed by atoms with Gasteiger partial charge in [-0.25, -0.2) is 0 Å². The molecule has 86 valence electrons. The molecule has 1 heterocycles. The van der Waals surface area contributed by atoms with Gasteiger partial charge in [0.05, 0.1) is 6.10 Å². The summed E-state index contributed by atoms with van der Waals surface area (Å²) in [7, 11) is 0. The molecule has 1 fully saturated rings. The highest BCUT2D eigenvalue weighted by molar-refractivity contribution is 5.14. The Kier molecular flexibility index (Phi) is 3.15. The van der Waals surface area contributed by atoms with Gasteiger partial charge in [0.15, 0.2) is 5.79 Å². The lowest BCUT2D eigenvalue weighted by Crippen LogP contribution is -2.21. The molecule has 2 atom stereocenters. The van der Waals surface area contributed by atoms with E-state index in [-0.39, 0.29) is 18.8 Å². The van der Waals surface area contributed by atoms with E-state index < -0.39 is 5.79 Å². The quantitative estimate of drug-likeness (QED) is 0.845. The van der Waals surface area contributed by atoms with Gasteiger partial charge in [-0.2, -0.15) is 0 Å². The lowest BCUT2D eigenvalue weighted by atomic mass is 10.0. The average molecular weight is 220 g/mol. The van der Waals surface area contributed by atoms with Crippen molar-refractivity contribution in [1.82, 2.24) is 0 Å². The van der Waals surface area contributed by atoms with Crippen LogP contribution in [0.1, 0.15) is 31.9 Å². The highest BCUT2D eigenvalue weighted by Crippen LogP contribution is 2.38. The zero-order chi connectivity index (χ0) is 11.6. The van der Waals surface area contributed by atoms with Crippen molar-refractivity contribution in [2.75, 3.05) is 6.61 Å². The molecule has 0 unspecified atom stereocenters. The van der Waals surface area contributed by atoms with Gasteiger partial charge in [0.1, 0.15) is 6.10 Å². The van der Waals surface area contributed by atoms with Gasteiger partial charge in [0.25, 0.3) is 0 Å². The molecule has 0 amide bonds. The van der Waals surface area contributed by atoms with Crippen LogP contribution in [0.5, 0.6) is 0 Å². The van der Waals surface area contributed by atoms with Crippen LogP contribution in [-0.2, 0) is 9.47 Å². The molecule has 1 aliphatic heterocycles. The summed E-state index contributed by atoms with van der Waals surface area (Å²) >= 11 is 0. The molecule has 0 aromatic heterocycles. The molecule has 0 radical (unpaired) electrons. The third-order valence-corrected chi connectivity index (χ3v) is 2.58. The van der Waals surface area contributed by atoms with Crippen molar-refractivity contribution in [3.63, 3.8) is 0 Å². The normalized spacial score (nSPS) is 27.7. The maximum absolute atomic E-state index is 9.01. The topological polar surface area (TPSA) is 38.7 Å². The number of ether oxygens (including phenoxy) is 2. The predicted molar refractivity (Wildman–Crippen MR) is 58.6 cm³/mol. The predicted octanol–water partition coefficient (Wildman–Crippen LogP) is 1.86. The van der Waals surface area contributed by atoms with Crippen LogP contribution in [-0.4, -0.2) is 23.6 Å². The zero-order valence-electron chi connectivity index (χ0n) is 9.56. The van der Waals surface area contributed by atoms with Gasteiger partial charge in [-0.3, -0.25) is 0 Å². The second kappa shape index (κ2) is 4.42. The van der Waals surface area contributed by atoms with E-state index in [9.17, 15) is 0 Å². The van der Waals surface area contributed by atoms with Gasteiger partial charge in [0, 0.05) is 12.2 Å². The molecule has 1 aromatic rings. The summed E-state index contributed by atoms with van der Waals surface area (Å²) < 4.78 is 11.6. The van der Waals surface area contributed by atoms with Crippen LogP contribution < -0.4 is 0 Å². The number of aliphatic hydroxyl groups is 1. The fraction of sp³-hybridized carbons (Fsp3) is 0.538. The lowest BCUT2D eigenvalue weighted by Gasteiger charge is -2.16. The third kappa shape index (κ3) is 2.35. The van der Waals surface area contributed by atoms with Crippen LogP contribution in [0, 0.1) is 12.1 Å². The summed E-state index contributed by atoms with van der Waals surface area (Å²) in [6.07, 6.45) is 0.281. The van der Waals surface area contributed by atoms with Gasteiger partial charge in [-0.05, 0) is 32.4 Å². The maximum atomic E-state index is 9.01. The van der Waals surface area contributed by atoms with Crippen LogP contribution >= 0.6 is 0 Å². The number of hydrogen-bond acceptors (Lipinski definition) is 3. The molecule has 1 N–H and O–H groups in total. The summed E-state index contributed by atoms with van der Waals surface area (Å²) in [5, 5.41) is 9.01. The largest absolute Gasteiger partial charge is 0.396 e. The highest BCUT2D eigenvalue weighted by Gasteiger charge is 2.41. The van der Waals surface area contributed by atoms with Crippen LogP contribution in [0.15, 0.2) is 18.2 Å². The van der Waals surface area contributed by atoms with Crippen LogP contribution in [0.3, 0.4) is 0 Å². The zero-order valence-corrected chi connectivity index (χ0v) is 9.56. The van der Waals surface area contributed by atoms with Crippen molar-refractivity contribution in [3.8, 4) is 0 Å². The van der Waals surface area contributed by atoms with Crippen molar-refractivity contribution < 1.29 is 14.6 Å². The Bertz CT molecular complexity index is 334. The van der Waals surface area contributed by atoms with Crippen molar-refractivity contribution in [2.24, 2.45) is 0 Å². The maximum Gasteiger partial charge on any atom is 0.164 e. The minimum atomic E-state index is -0.603. The Morgan fingerprint density at radius 2 is 2.25 bits per heavy atom. The molecular weight excluding hydrogens is 204 g/mol. The first-order valence-electron chi connectivity index (χ1n) is 5.47. The average Bonchev–Trinajstić information content (AvgIpc) is 2.56. The number of hydrogen-bond donors (Lipinski definition) is 1. The van der Waals surface area contributed by atoms with Gasteiger partial charge < -0.3 is 14.6 Å². The standard InChI is InChI=1S/C13H16O3/c1-13(2)15-11(8-9-14)12(16-13)10-6-4-3-5-7-10/h3-4,6,11-12,14H,8-9H2,1-2H3/t11-,12+/m0/s1. The fourth-order valence-electron chi connectivity index (χ4n) is 1.97. The highest BCUT2D eigenvalue weighted by atomic mass is 16.7. The summed E-state index contributed by atoms with van der Waals surface area (Å²) in [6.45, 7) is 3.85. The van der Waals surface area contributed by atoms with Crippen molar-refractivity contribution in [1.29, 1.82) is 0 Å². The minimum absolute atomic E-state index is 0.0944. The van der Waals surface area contributed by atoms with E-state index >= 15 is 0 Å². The molecule has 3 heteroatoms. The smallest absolute Gasteiger partial charge is 0.164 e. The Morgan fingerprint density at radius 1 is 1.44 bits per heavy atom. The molecule has 1 aromatic carbocycles. The second-order valence-corrected chi connectivity index (χ2v) is 4.36. The van der Waals surface area contributed by atoms with E-state index in [0.717, 1.165) is 5.56 Å². The van der Waals surface area contributed by atoms with Gasteiger partial charge >= 0.3 is 0 Å². The summed E-state index contributed by atoms with van der Waals surface area (Å²) in [5.74, 6) is -0.603. The van der Waals surface area contributed by atoms with E-state index in [1.165, 1.54) is 0 Å². The van der Waals surface area contributed by atoms with Crippen LogP contribution in [0.25, 0.3) is 0 Å². The summed E-state index contributed by atoms with van der Waals surface area (Å²) in [6, 6.07) is 11.6. The minimum Gasteiger partial charge on any atom is -0.396 e. The molecule has 16 heavy (non-hydrogen) atoms. The van der Waals surface area contributed by atoms with E-state index in [2.05, 4.69) is 12.1 Å². The molecule has 0 aliphatic carbocycles. The van der Waals surface area contributed by atoms with E-state index in [0.29, 0.717) is 6.42 Å². The first kappa shape index (κ1) is 11.4. The summed E-state index contributed by atoms with van der Waals surface area (Å²) in [5.41, 5.74) is 0.923. The molecule has 0 spiro atoms. The molecule has 1 saturated heterocycles. The van der Waals surface area contributed by atoms with E-state index in [4.69, 9.17) is 14.6 Å². The van der Waals surface area contributed by atoms with Crippen molar-refractivity contribution in [2.45, 2.75) is 38.3 Å². The molecular formula is C13H16O3. The summed E-state index contributed by atoms with van der Waals surface area (Å²) in [4.78, 5) is 0. The van der Waals surface area contributed by atoms with Gasteiger partial charge in [0.2, 0.25) is 0 Å². The van der Waals surface area contributed by atoms with Gasteiger partial charge in [-0.15, -0.1) is 0 Å². The first-order chi connectivity index (χ1) is 7.62. The molecule has 1 aliphatic rings. The SMILES string of the molecule is CC1(C)O[C@@H](CCO)[C@@H](c2c#cccc2)O1. The first-order valence-corrected chi connectivity index (χ1v) is 5.47. The van der Waals surface area contributed by atoms with Crippen LogP contribution in [0.2, 0.25) is 0 Å². The second-order valence-electron chi connectivity index (χ2n) is 4.36. The molecule has 3 nitrogen and oxygen atoms in total. The molecule has 0 saturated carbocycles. The molecule has 2 rings (SSSR count). The van der Waals surface area contributed by atoms with Crippen molar-refractivity contribution in [3.05, 3.63) is 35.9 Å².